The Labute approximate surface area is 103 Å². The highest BCUT2D eigenvalue weighted by Crippen LogP contribution is 2.19. The maximum absolute atomic E-state index is 10.8. The largest absolute Gasteiger partial charge is 0.422 e. The van der Waals surface area contributed by atoms with E-state index >= 15 is 0 Å². The van der Waals surface area contributed by atoms with E-state index in [9.17, 15) is 4.79 Å². The Morgan fingerprint density at radius 3 is 2.36 bits per heavy atom. The molecule has 4 heteroatoms. The molecule has 0 unspecified atom stereocenters. The van der Waals surface area contributed by atoms with Gasteiger partial charge in [-0.3, -0.25) is 0 Å². The summed E-state index contributed by atoms with van der Waals surface area (Å²) >= 11 is 5.24. The van der Waals surface area contributed by atoms with Gasteiger partial charge < -0.3 is 4.42 Å². The monoisotopic (exact) mass is 364 g/mol. The number of hydrogen-bond acceptors (Lipinski definition) is 2. The zero-order valence-electron chi connectivity index (χ0n) is 7.30. The average Bonchev–Trinajstić information content (AvgIpc) is 2.20. The first-order valence-corrected chi connectivity index (χ1v) is 5.60. The summed E-state index contributed by atoms with van der Waals surface area (Å²) in [5, 5.41) is 0.599. The number of fused-ring (bicyclic) bond motifs is 3. The molecule has 0 fully saturated rings. The van der Waals surface area contributed by atoms with Gasteiger partial charge in [0.05, 0.1) is 9.86 Å². The van der Waals surface area contributed by atoms with Gasteiger partial charge in [-0.05, 0) is 45.0 Å². The van der Waals surface area contributed by atoms with Gasteiger partial charge in [0.25, 0.3) is 0 Å². The summed E-state index contributed by atoms with van der Waals surface area (Å²) in [5.41, 5.74) is 0.334. The van der Waals surface area contributed by atoms with E-state index in [2.05, 4.69) is 25.8 Å². The zero-order valence-corrected chi connectivity index (χ0v) is 11.0. The standard InChI is InChI=1S/C7H3BrO2.C3H3I/c8-5-3-4-1-2-6(5)10-7(4)9;1-2-3-4/h1-3H;1H3. The van der Waals surface area contributed by atoms with Crippen LogP contribution < -0.4 is 5.63 Å². The van der Waals surface area contributed by atoms with Crippen LogP contribution in [0.4, 0.5) is 0 Å². The molecule has 0 aliphatic rings. The highest BCUT2D eigenvalue weighted by molar-refractivity contribution is 14.1. The van der Waals surface area contributed by atoms with Crippen LogP contribution in [0.5, 0.6) is 0 Å². The second-order valence-corrected chi connectivity index (χ2v) is 3.77. The molecule has 0 amide bonds. The van der Waals surface area contributed by atoms with Gasteiger partial charge in [0, 0.05) is 22.6 Å². The third-order valence-corrected chi connectivity index (χ3v) is 2.62. The van der Waals surface area contributed by atoms with Crippen LogP contribution in [0, 0.1) is 9.85 Å². The number of hydrogen-bond donors (Lipinski definition) is 0. The lowest BCUT2D eigenvalue weighted by molar-refractivity contribution is 0.560. The van der Waals surface area contributed by atoms with E-state index in [0.717, 1.165) is 4.47 Å². The summed E-state index contributed by atoms with van der Waals surface area (Å²) in [5.74, 6) is 2.67. The van der Waals surface area contributed by atoms with Crippen LogP contribution in [0.1, 0.15) is 6.92 Å². The van der Waals surface area contributed by atoms with E-state index in [0.29, 0.717) is 11.0 Å². The maximum atomic E-state index is 10.8. The van der Waals surface area contributed by atoms with Crippen molar-refractivity contribution in [1.82, 2.24) is 0 Å². The smallest absolute Gasteiger partial charge is 0.343 e. The van der Waals surface area contributed by atoms with Crippen molar-refractivity contribution in [3.63, 3.8) is 0 Å². The molecule has 0 aliphatic carbocycles. The quantitative estimate of drug-likeness (QED) is 0.529. The van der Waals surface area contributed by atoms with Gasteiger partial charge in [-0.2, -0.15) is 0 Å². The molecule has 2 aromatic heterocycles. The molecule has 14 heavy (non-hydrogen) atoms. The second-order valence-electron chi connectivity index (χ2n) is 2.38. The first kappa shape index (κ1) is 11.5. The normalized spacial score (nSPS) is 8.79. The Kier molecular flexibility index (Phi) is 4.42. The van der Waals surface area contributed by atoms with Crippen molar-refractivity contribution in [3.05, 3.63) is 33.1 Å². The van der Waals surface area contributed by atoms with Gasteiger partial charge in [0.2, 0.25) is 0 Å². The fourth-order valence-electron chi connectivity index (χ4n) is 0.869. The molecule has 2 nitrogen and oxygen atoms in total. The Bertz CT molecular complexity index is 515. The molecular formula is C10H6BrIO2. The lowest BCUT2D eigenvalue weighted by Crippen LogP contribution is -1.99. The Morgan fingerprint density at radius 1 is 1.50 bits per heavy atom. The molecule has 0 N–H and O–H groups in total. The molecule has 0 aliphatic heterocycles. The summed E-state index contributed by atoms with van der Waals surface area (Å²) in [4.78, 5) is 10.8. The van der Waals surface area contributed by atoms with Gasteiger partial charge in [-0.15, -0.1) is 0 Å². The summed E-state index contributed by atoms with van der Waals surface area (Å²) in [6.07, 6.45) is 0. The molecular weight excluding hydrogens is 359 g/mol. The molecule has 2 heterocycles. The Hall–Kier alpha value is -0.540. The second kappa shape index (κ2) is 5.37. The number of halogens is 2. The minimum Gasteiger partial charge on any atom is -0.422 e. The minimum atomic E-state index is -0.263. The van der Waals surface area contributed by atoms with E-state index in [1.54, 1.807) is 18.2 Å². The van der Waals surface area contributed by atoms with Crippen LogP contribution in [0.15, 0.2) is 31.9 Å². The van der Waals surface area contributed by atoms with E-state index in [1.807, 2.05) is 29.5 Å². The maximum Gasteiger partial charge on any atom is 0.343 e. The summed E-state index contributed by atoms with van der Waals surface area (Å²) in [6.45, 7) is 1.81. The first-order valence-electron chi connectivity index (χ1n) is 3.73. The molecule has 3 aromatic rings. The SMILES string of the molecule is CC#CI.O=c1oc2ccc1cc2Br. The number of rotatable bonds is 0. The van der Waals surface area contributed by atoms with Crippen molar-refractivity contribution in [1.29, 1.82) is 0 Å². The molecule has 0 spiro atoms. The van der Waals surface area contributed by atoms with Crippen LogP contribution in [-0.2, 0) is 0 Å². The van der Waals surface area contributed by atoms with E-state index in [4.69, 9.17) is 4.42 Å². The van der Waals surface area contributed by atoms with Gasteiger partial charge in [0.1, 0.15) is 5.58 Å². The molecule has 72 valence electrons. The van der Waals surface area contributed by atoms with Crippen molar-refractivity contribution < 1.29 is 4.42 Å². The fourth-order valence-corrected chi connectivity index (χ4v) is 1.33. The summed E-state index contributed by atoms with van der Waals surface area (Å²) < 4.78 is 8.32. The molecule has 1 aromatic carbocycles. The molecule has 0 saturated heterocycles. The van der Waals surface area contributed by atoms with Gasteiger partial charge in [0.15, 0.2) is 0 Å². The van der Waals surface area contributed by atoms with Crippen molar-refractivity contribution in [2.75, 3.05) is 0 Å². The molecule has 0 atom stereocenters. The van der Waals surface area contributed by atoms with Gasteiger partial charge >= 0.3 is 5.63 Å². The Morgan fingerprint density at radius 2 is 2.14 bits per heavy atom. The van der Waals surface area contributed by atoms with Crippen molar-refractivity contribution in [2.24, 2.45) is 0 Å². The van der Waals surface area contributed by atoms with Gasteiger partial charge in [-0.25, -0.2) is 4.79 Å². The highest BCUT2D eigenvalue weighted by atomic mass is 127. The minimum absolute atomic E-state index is 0.263. The van der Waals surface area contributed by atoms with E-state index in [-0.39, 0.29) is 5.63 Å². The van der Waals surface area contributed by atoms with E-state index < -0.39 is 0 Å². The Balaban J connectivity index is 0.000000213. The predicted octanol–water partition coefficient (Wildman–Crippen LogP) is 3.40. The summed E-state index contributed by atoms with van der Waals surface area (Å²) in [7, 11) is 0. The van der Waals surface area contributed by atoms with Crippen LogP contribution in [0.2, 0.25) is 0 Å². The molecule has 0 saturated carbocycles. The van der Waals surface area contributed by atoms with Crippen molar-refractivity contribution in [2.45, 2.75) is 6.92 Å². The van der Waals surface area contributed by atoms with Crippen LogP contribution in [0.25, 0.3) is 11.0 Å². The lowest BCUT2D eigenvalue weighted by atomic mass is 10.2. The van der Waals surface area contributed by atoms with Crippen molar-refractivity contribution in [3.8, 4) is 9.85 Å². The summed E-state index contributed by atoms with van der Waals surface area (Å²) in [6, 6.07) is 5.26. The van der Waals surface area contributed by atoms with Crippen LogP contribution >= 0.6 is 38.5 Å². The highest BCUT2D eigenvalue weighted by Gasteiger charge is 2.02. The zero-order chi connectivity index (χ0) is 10.6. The van der Waals surface area contributed by atoms with Crippen LogP contribution in [-0.4, -0.2) is 0 Å². The predicted molar refractivity (Wildman–Crippen MR) is 68.8 cm³/mol. The average molecular weight is 365 g/mol. The topological polar surface area (TPSA) is 30.2 Å². The first-order chi connectivity index (χ1) is 6.69. The van der Waals surface area contributed by atoms with Gasteiger partial charge in [-0.1, -0.05) is 5.92 Å². The molecule has 2 bridgehead atoms. The third kappa shape index (κ3) is 2.72. The number of benzene rings is 1. The molecule has 0 radical (unpaired) electrons. The fraction of sp³-hybridized carbons (Fsp3) is 0.100. The van der Waals surface area contributed by atoms with Crippen LogP contribution in [0.3, 0.4) is 0 Å². The molecule has 3 rings (SSSR count). The van der Waals surface area contributed by atoms with E-state index in [1.165, 1.54) is 0 Å². The third-order valence-electron chi connectivity index (χ3n) is 1.46. The lowest BCUT2D eigenvalue weighted by Gasteiger charge is -1.96. The van der Waals surface area contributed by atoms with Crippen molar-refractivity contribution >= 4 is 49.5 Å².